The Hall–Kier alpha value is -2.87. The minimum absolute atomic E-state index is 0.0330. The first kappa shape index (κ1) is 16.0. The molecule has 0 unspecified atom stereocenters. The summed E-state index contributed by atoms with van der Waals surface area (Å²) in [7, 11) is 0. The SMILES string of the molecule is CCOC(=O)c1cn(-c2ncccn2)c2nc(Cl)c(F)cc2c1=O. The third-order valence-electron chi connectivity index (χ3n) is 3.15. The maximum atomic E-state index is 13.8. The molecule has 0 saturated heterocycles. The number of ether oxygens (including phenoxy) is 1. The topological polar surface area (TPSA) is 87.0 Å². The second kappa shape index (κ2) is 6.32. The van der Waals surface area contributed by atoms with Gasteiger partial charge in [-0.3, -0.25) is 9.36 Å². The van der Waals surface area contributed by atoms with E-state index in [-0.39, 0.29) is 29.2 Å². The van der Waals surface area contributed by atoms with Gasteiger partial charge in [0.05, 0.1) is 12.0 Å². The Balaban J connectivity index is 2.40. The van der Waals surface area contributed by atoms with E-state index in [0.717, 1.165) is 6.07 Å². The number of esters is 1. The fraction of sp³-hybridized carbons (Fsp3) is 0.133. The Bertz CT molecular complexity index is 991. The molecule has 24 heavy (non-hydrogen) atoms. The van der Waals surface area contributed by atoms with Crippen LogP contribution in [0.2, 0.25) is 5.15 Å². The summed E-state index contributed by atoms with van der Waals surface area (Å²) < 4.78 is 19.9. The summed E-state index contributed by atoms with van der Waals surface area (Å²) in [4.78, 5) is 36.5. The Morgan fingerprint density at radius 1 is 1.38 bits per heavy atom. The van der Waals surface area contributed by atoms with E-state index in [4.69, 9.17) is 16.3 Å². The van der Waals surface area contributed by atoms with Crippen molar-refractivity contribution in [3.8, 4) is 5.95 Å². The molecule has 9 heteroatoms. The molecule has 3 rings (SSSR count). The maximum absolute atomic E-state index is 13.8. The predicted molar refractivity (Wildman–Crippen MR) is 83.9 cm³/mol. The van der Waals surface area contributed by atoms with E-state index in [1.807, 2.05) is 0 Å². The quantitative estimate of drug-likeness (QED) is 0.532. The van der Waals surface area contributed by atoms with Gasteiger partial charge in [0.1, 0.15) is 5.56 Å². The lowest BCUT2D eigenvalue weighted by Crippen LogP contribution is -2.22. The lowest BCUT2D eigenvalue weighted by Gasteiger charge is -2.11. The molecule has 0 spiro atoms. The van der Waals surface area contributed by atoms with Gasteiger partial charge in [-0.2, -0.15) is 0 Å². The Morgan fingerprint density at radius 2 is 2.08 bits per heavy atom. The molecule has 3 aromatic heterocycles. The minimum Gasteiger partial charge on any atom is -0.462 e. The highest BCUT2D eigenvalue weighted by atomic mass is 35.5. The molecule has 122 valence electrons. The molecule has 0 atom stereocenters. The molecule has 0 radical (unpaired) electrons. The van der Waals surface area contributed by atoms with Gasteiger partial charge in [-0.05, 0) is 19.1 Å². The molecule has 0 aliphatic rings. The smallest absolute Gasteiger partial charge is 0.343 e. The van der Waals surface area contributed by atoms with Gasteiger partial charge in [0.15, 0.2) is 16.6 Å². The molecule has 0 aromatic carbocycles. The van der Waals surface area contributed by atoms with Crippen LogP contribution in [0.3, 0.4) is 0 Å². The number of pyridine rings is 2. The van der Waals surface area contributed by atoms with Crippen molar-refractivity contribution in [3.63, 3.8) is 0 Å². The number of carbonyl (C=O) groups is 1. The molecule has 0 aliphatic heterocycles. The fourth-order valence-corrected chi connectivity index (χ4v) is 2.26. The average molecular weight is 349 g/mol. The van der Waals surface area contributed by atoms with Gasteiger partial charge in [-0.25, -0.2) is 24.1 Å². The van der Waals surface area contributed by atoms with Gasteiger partial charge in [-0.1, -0.05) is 11.6 Å². The Labute approximate surface area is 139 Å². The van der Waals surface area contributed by atoms with Crippen molar-refractivity contribution in [1.82, 2.24) is 19.5 Å². The molecule has 0 saturated carbocycles. The molecular weight excluding hydrogens is 339 g/mol. The summed E-state index contributed by atoms with van der Waals surface area (Å²) >= 11 is 5.72. The van der Waals surface area contributed by atoms with Crippen LogP contribution in [0.5, 0.6) is 0 Å². The molecule has 7 nitrogen and oxygen atoms in total. The fourth-order valence-electron chi connectivity index (χ4n) is 2.12. The molecule has 3 aromatic rings. The van der Waals surface area contributed by atoms with Gasteiger partial charge in [0, 0.05) is 18.6 Å². The Morgan fingerprint density at radius 3 is 2.75 bits per heavy atom. The van der Waals surface area contributed by atoms with E-state index in [9.17, 15) is 14.0 Å². The number of hydrogen-bond acceptors (Lipinski definition) is 6. The lowest BCUT2D eigenvalue weighted by molar-refractivity contribution is 0.0524. The third kappa shape index (κ3) is 2.71. The van der Waals surface area contributed by atoms with Crippen molar-refractivity contribution in [1.29, 1.82) is 0 Å². The van der Waals surface area contributed by atoms with Crippen LogP contribution in [-0.4, -0.2) is 32.1 Å². The number of rotatable bonds is 3. The highest BCUT2D eigenvalue weighted by Gasteiger charge is 2.20. The predicted octanol–water partition coefficient (Wildman–Crippen LogP) is 2.14. The molecule has 0 amide bonds. The van der Waals surface area contributed by atoms with E-state index in [1.165, 1.54) is 23.2 Å². The van der Waals surface area contributed by atoms with Crippen molar-refractivity contribution in [2.75, 3.05) is 6.61 Å². The van der Waals surface area contributed by atoms with E-state index in [2.05, 4.69) is 15.0 Å². The van der Waals surface area contributed by atoms with E-state index < -0.39 is 22.4 Å². The highest BCUT2D eigenvalue weighted by molar-refractivity contribution is 6.29. The molecule has 3 heterocycles. The summed E-state index contributed by atoms with van der Waals surface area (Å²) in [5, 5.41) is -0.537. The first-order valence-electron chi connectivity index (χ1n) is 6.89. The zero-order valence-corrected chi connectivity index (χ0v) is 13.1. The van der Waals surface area contributed by atoms with Crippen molar-refractivity contribution in [2.24, 2.45) is 0 Å². The second-order valence-electron chi connectivity index (χ2n) is 4.64. The van der Waals surface area contributed by atoms with Gasteiger partial charge in [0.2, 0.25) is 11.4 Å². The Kier molecular flexibility index (Phi) is 4.22. The van der Waals surface area contributed by atoms with Crippen molar-refractivity contribution in [2.45, 2.75) is 6.92 Å². The van der Waals surface area contributed by atoms with Gasteiger partial charge in [-0.15, -0.1) is 0 Å². The van der Waals surface area contributed by atoms with Crippen molar-refractivity contribution < 1.29 is 13.9 Å². The highest BCUT2D eigenvalue weighted by Crippen LogP contribution is 2.19. The monoisotopic (exact) mass is 348 g/mol. The van der Waals surface area contributed by atoms with E-state index in [1.54, 1.807) is 13.0 Å². The van der Waals surface area contributed by atoms with Crippen LogP contribution in [0.15, 0.2) is 35.5 Å². The zero-order chi connectivity index (χ0) is 17.3. The number of nitrogens with zero attached hydrogens (tertiary/aromatic N) is 4. The minimum atomic E-state index is -0.872. The van der Waals surface area contributed by atoms with Crippen LogP contribution in [0, 0.1) is 5.82 Å². The molecule has 0 aliphatic carbocycles. The summed E-state index contributed by atoms with van der Waals surface area (Å²) in [5.41, 5.74) is -0.954. The second-order valence-corrected chi connectivity index (χ2v) is 5.00. The summed E-state index contributed by atoms with van der Waals surface area (Å²) in [6.45, 7) is 1.70. The van der Waals surface area contributed by atoms with Crippen LogP contribution >= 0.6 is 11.6 Å². The molecule has 0 bridgehead atoms. The summed E-state index contributed by atoms with van der Waals surface area (Å²) in [5.74, 6) is -1.56. The first-order valence-corrected chi connectivity index (χ1v) is 7.26. The van der Waals surface area contributed by atoms with Gasteiger partial charge >= 0.3 is 5.97 Å². The molecule has 0 N–H and O–H groups in total. The average Bonchev–Trinajstić information content (AvgIpc) is 2.58. The third-order valence-corrected chi connectivity index (χ3v) is 3.42. The van der Waals surface area contributed by atoms with Crippen molar-refractivity contribution >= 4 is 28.6 Å². The number of hydrogen-bond donors (Lipinski definition) is 0. The lowest BCUT2D eigenvalue weighted by atomic mass is 10.2. The van der Waals surface area contributed by atoms with Crippen LogP contribution < -0.4 is 5.43 Å². The first-order chi connectivity index (χ1) is 11.5. The van der Waals surface area contributed by atoms with E-state index in [0.29, 0.717) is 0 Å². The van der Waals surface area contributed by atoms with Crippen LogP contribution in [-0.2, 0) is 4.74 Å². The van der Waals surface area contributed by atoms with Crippen LogP contribution in [0.4, 0.5) is 4.39 Å². The van der Waals surface area contributed by atoms with Gasteiger partial charge in [0.25, 0.3) is 0 Å². The maximum Gasteiger partial charge on any atom is 0.343 e. The standard InChI is InChI=1S/C15H10ClFN4O3/c1-2-24-14(23)9-7-21(15-18-4-3-5-19-15)13-8(11(9)22)6-10(17)12(16)20-13/h3-7H,2H2,1H3. The number of carbonyl (C=O) groups excluding carboxylic acids is 1. The van der Waals surface area contributed by atoms with Gasteiger partial charge < -0.3 is 4.74 Å². The van der Waals surface area contributed by atoms with Crippen LogP contribution in [0.1, 0.15) is 17.3 Å². The molecular formula is C15H10ClFN4O3. The summed E-state index contributed by atoms with van der Waals surface area (Å²) in [6, 6.07) is 2.52. The van der Waals surface area contributed by atoms with Crippen LogP contribution in [0.25, 0.3) is 17.0 Å². The molecule has 0 fully saturated rings. The number of aromatic nitrogens is 4. The number of fused-ring (bicyclic) bond motifs is 1. The van der Waals surface area contributed by atoms with Crippen molar-refractivity contribution in [3.05, 3.63) is 57.5 Å². The van der Waals surface area contributed by atoms with E-state index >= 15 is 0 Å². The summed E-state index contributed by atoms with van der Waals surface area (Å²) in [6.07, 6.45) is 4.15. The normalized spacial score (nSPS) is 10.8. The largest absolute Gasteiger partial charge is 0.462 e. The number of halogens is 2. The zero-order valence-electron chi connectivity index (χ0n) is 12.4.